The third-order valence-electron chi connectivity index (χ3n) is 2.37. The highest BCUT2D eigenvalue weighted by molar-refractivity contribution is 9.11. The van der Waals surface area contributed by atoms with Crippen LogP contribution in [0.1, 0.15) is 12.5 Å². The van der Waals surface area contributed by atoms with Crippen molar-refractivity contribution in [2.24, 2.45) is 5.10 Å². The summed E-state index contributed by atoms with van der Waals surface area (Å²) in [6.07, 6.45) is 3.43. The number of ether oxygens (including phenoxy) is 1. The smallest absolute Gasteiger partial charge is 0.147 e. The van der Waals surface area contributed by atoms with E-state index in [1.807, 2.05) is 37.3 Å². The van der Waals surface area contributed by atoms with Crippen molar-refractivity contribution in [1.29, 1.82) is 0 Å². The Morgan fingerprint density at radius 3 is 2.65 bits per heavy atom. The zero-order valence-corrected chi connectivity index (χ0v) is 14.0. The fourth-order valence-corrected chi connectivity index (χ4v) is 2.99. The Hall–Kier alpha value is -1.40. The van der Waals surface area contributed by atoms with E-state index in [0.29, 0.717) is 12.4 Å². The molecule has 1 heterocycles. The van der Waals surface area contributed by atoms with Crippen molar-refractivity contribution in [2.75, 3.05) is 12.0 Å². The van der Waals surface area contributed by atoms with Gasteiger partial charge < -0.3 is 4.74 Å². The molecule has 104 valence electrons. The molecule has 0 aliphatic heterocycles. The summed E-state index contributed by atoms with van der Waals surface area (Å²) in [6, 6.07) is 9.49. The molecule has 0 aliphatic rings. The summed E-state index contributed by atoms with van der Waals surface area (Å²) in [4.78, 5) is 4.12. The Morgan fingerprint density at radius 2 is 2.05 bits per heavy atom. The van der Waals surface area contributed by atoms with Gasteiger partial charge in [-0.3, -0.25) is 5.43 Å². The van der Waals surface area contributed by atoms with Crippen LogP contribution in [-0.4, -0.2) is 17.8 Å². The summed E-state index contributed by atoms with van der Waals surface area (Å²) >= 11 is 6.97. The van der Waals surface area contributed by atoms with Crippen LogP contribution in [0.4, 0.5) is 5.82 Å². The van der Waals surface area contributed by atoms with Gasteiger partial charge in [-0.1, -0.05) is 6.07 Å². The maximum atomic E-state index is 5.53. The minimum Gasteiger partial charge on any atom is -0.492 e. The topological polar surface area (TPSA) is 46.5 Å². The first-order chi connectivity index (χ1) is 9.70. The number of halogens is 2. The molecule has 4 nitrogen and oxygen atoms in total. The van der Waals surface area contributed by atoms with Crippen molar-refractivity contribution in [3.63, 3.8) is 0 Å². The van der Waals surface area contributed by atoms with Crippen molar-refractivity contribution >= 4 is 43.9 Å². The molecule has 0 unspecified atom stereocenters. The maximum absolute atomic E-state index is 5.53. The van der Waals surface area contributed by atoms with Gasteiger partial charge in [0.1, 0.15) is 11.6 Å². The van der Waals surface area contributed by atoms with Gasteiger partial charge in [0.15, 0.2) is 0 Å². The first kappa shape index (κ1) is 15.0. The largest absolute Gasteiger partial charge is 0.492 e. The van der Waals surface area contributed by atoms with Gasteiger partial charge in [-0.2, -0.15) is 5.10 Å². The van der Waals surface area contributed by atoms with E-state index in [0.717, 1.165) is 20.3 Å². The normalized spacial score (nSPS) is 10.8. The van der Waals surface area contributed by atoms with Crippen LogP contribution in [0.5, 0.6) is 5.75 Å². The fourth-order valence-electron chi connectivity index (χ4n) is 1.54. The van der Waals surface area contributed by atoms with E-state index >= 15 is 0 Å². The highest BCUT2D eigenvalue weighted by atomic mass is 79.9. The highest BCUT2D eigenvalue weighted by Gasteiger charge is 2.07. The predicted molar refractivity (Wildman–Crippen MR) is 88.5 cm³/mol. The van der Waals surface area contributed by atoms with E-state index in [9.17, 15) is 0 Å². The van der Waals surface area contributed by atoms with Crippen molar-refractivity contribution in [3.8, 4) is 5.75 Å². The van der Waals surface area contributed by atoms with Gasteiger partial charge in [0.25, 0.3) is 0 Å². The molecule has 0 atom stereocenters. The van der Waals surface area contributed by atoms with E-state index in [2.05, 4.69) is 47.4 Å². The van der Waals surface area contributed by atoms with Crippen LogP contribution in [0.15, 0.2) is 50.6 Å². The standard InChI is InChI=1S/C14H13Br2N3O/c1-2-20-14-11(15)7-10(8-12(14)16)9-18-19-13-5-3-4-6-17-13/h3-9H,2H2,1H3,(H,17,19)/b18-9-. The van der Waals surface area contributed by atoms with Gasteiger partial charge >= 0.3 is 0 Å². The Morgan fingerprint density at radius 1 is 1.30 bits per heavy atom. The Balaban J connectivity index is 2.10. The number of nitrogens with zero attached hydrogens (tertiary/aromatic N) is 2. The minimum atomic E-state index is 0.617. The van der Waals surface area contributed by atoms with Crippen LogP contribution in [-0.2, 0) is 0 Å². The molecule has 1 N–H and O–H groups in total. The lowest BCUT2D eigenvalue weighted by Gasteiger charge is -2.09. The van der Waals surface area contributed by atoms with E-state index < -0.39 is 0 Å². The lowest BCUT2D eigenvalue weighted by molar-refractivity contribution is 0.336. The second-order valence-corrected chi connectivity index (χ2v) is 5.54. The molecule has 0 spiro atoms. The molecule has 0 bridgehead atoms. The number of rotatable bonds is 5. The van der Waals surface area contributed by atoms with Crippen LogP contribution in [0.25, 0.3) is 0 Å². The molecule has 0 saturated carbocycles. The average Bonchev–Trinajstić information content (AvgIpc) is 2.44. The van der Waals surface area contributed by atoms with Crippen molar-refractivity contribution in [2.45, 2.75) is 6.92 Å². The number of aromatic nitrogens is 1. The van der Waals surface area contributed by atoms with Gasteiger partial charge in [-0.25, -0.2) is 4.98 Å². The molecular weight excluding hydrogens is 386 g/mol. The fraction of sp³-hybridized carbons (Fsp3) is 0.143. The molecule has 0 fully saturated rings. The average molecular weight is 399 g/mol. The molecule has 2 rings (SSSR count). The van der Waals surface area contributed by atoms with Crippen molar-refractivity contribution in [1.82, 2.24) is 4.98 Å². The monoisotopic (exact) mass is 397 g/mol. The van der Waals surface area contributed by atoms with Crippen molar-refractivity contribution < 1.29 is 4.74 Å². The number of hydrazone groups is 1. The van der Waals surface area contributed by atoms with Crippen LogP contribution in [0.2, 0.25) is 0 Å². The second kappa shape index (κ2) is 7.40. The first-order valence-corrected chi connectivity index (χ1v) is 7.61. The van der Waals surface area contributed by atoms with Crippen molar-refractivity contribution in [3.05, 3.63) is 51.0 Å². The van der Waals surface area contributed by atoms with Gasteiger partial charge in [-0.05, 0) is 68.6 Å². The molecular formula is C14H13Br2N3O. The summed E-state index contributed by atoms with van der Waals surface area (Å²) in [7, 11) is 0. The van der Waals surface area contributed by atoms with Gasteiger partial charge in [0, 0.05) is 6.20 Å². The lowest BCUT2D eigenvalue weighted by atomic mass is 10.2. The number of pyridine rings is 1. The number of hydrogen-bond donors (Lipinski definition) is 1. The third-order valence-corrected chi connectivity index (χ3v) is 3.54. The van der Waals surface area contributed by atoms with Gasteiger partial charge in [0.2, 0.25) is 0 Å². The Kier molecular flexibility index (Phi) is 5.55. The molecule has 2 aromatic rings. The number of hydrogen-bond acceptors (Lipinski definition) is 4. The summed E-state index contributed by atoms with van der Waals surface area (Å²) in [5.41, 5.74) is 3.81. The van der Waals surface area contributed by atoms with E-state index in [1.54, 1.807) is 12.4 Å². The summed E-state index contributed by atoms with van der Waals surface area (Å²) in [5.74, 6) is 1.50. The Bertz CT molecular complexity index is 580. The first-order valence-electron chi connectivity index (χ1n) is 6.02. The molecule has 0 aliphatic carbocycles. The molecule has 0 amide bonds. The Labute approximate surface area is 134 Å². The quantitative estimate of drug-likeness (QED) is 0.597. The number of nitrogens with one attached hydrogen (secondary N) is 1. The third kappa shape index (κ3) is 4.05. The summed E-state index contributed by atoms with van der Waals surface area (Å²) < 4.78 is 7.30. The SMILES string of the molecule is CCOc1c(Br)cc(/C=N\Nc2ccccn2)cc1Br. The molecule has 0 saturated heterocycles. The number of benzene rings is 1. The molecule has 20 heavy (non-hydrogen) atoms. The lowest BCUT2D eigenvalue weighted by Crippen LogP contribution is -1.96. The molecule has 1 aromatic heterocycles. The molecule has 1 aromatic carbocycles. The second-order valence-electron chi connectivity index (χ2n) is 3.83. The van der Waals surface area contributed by atoms with E-state index in [1.165, 1.54) is 0 Å². The van der Waals surface area contributed by atoms with Crippen LogP contribution in [0, 0.1) is 0 Å². The minimum absolute atomic E-state index is 0.617. The van der Waals surface area contributed by atoms with Gasteiger partial charge in [0.05, 0.1) is 21.8 Å². The molecule has 6 heteroatoms. The molecule has 0 radical (unpaired) electrons. The predicted octanol–water partition coefficient (Wildman–Crippen LogP) is 4.45. The zero-order chi connectivity index (χ0) is 14.4. The zero-order valence-electron chi connectivity index (χ0n) is 10.8. The highest BCUT2D eigenvalue weighted by Crippen LogP contribution is 2.34. The van der Waals surface area contributed by atoms with E-state index in [-0.39, 0.29) is 0 Å². The summed E-state index contributed by atoms with van der Waals surface area (Å²) in [5, 5.41) is 4.15. The van der Waals surface area contributed by atoms with Crippen LogP contribution in [0.3, 0.4) is 0 Å². The van der Waals surface area contributed by atoms with E-state index in [4.69, 9.17) is 4.74 Å². The van der Waals surface area contributed by atoms with Crippen LogP contribution >= 0.6 is 31.9 Å². The summed E-state index contributed by atoms with van der Waals surface area (Å²) in [6.45, 7) is 2.57. The number of anilines is 1. The van der Waals surface area contributed by atoms with Crippen LogP contribution < -0.4 is 10.2 Å². The maximum Gasteiger partial charge on any atom is 0.147 e. The van der Waals surface area contributed by atoms with Gasteiger partial charge in [-0.15, -0.1) is 0 Å².